The van der Waals surface area contributed by atoms with Crippen LogP contribution in [0.1, 0.15) is 27.0 Å². The van der Waals surface area contributed by atoms with Gasteiger partial charge in [0, 0.05) is 5.88 Å². The Morgan fingerprint density at radius 1 is 1.64 bits per heavy atom. The molecule has 0 aliphatic heterocycles. The molecule has 0 bridgehead atoms. The van der Waals surface area contributed by atoms with Crippen LogP contribution >= 0.6 is 11.6 Å². The van der Waals surface area contributed by atoms with Gasteiger partial charge in [-0.1, -0.05) is 6.07 Å². The Labute approximate surface area is 86.5 Å². The molecule has 0 heterocycles. The summed E-state index contributed by atoms with van der Waals surface area (Å²) in [6.07, 6.45) is 0. The number of hydrogen-bond acceptors (Lipinski definition) is 2. The van der Waals surface area contributed by atoms with Crippen LogP contribution in [0, 0.1) is 18.3 Å². The number of rotatable bonds is 2. The molecule has 0 aromatic heterocycles. The number of carboxylic acid groups (broad SMARTS) is 1. The zero-order valence-electron chi connectivity index (χ0n) is 7.54. The average Bonchev–Trinajstić information content (AvgIpc) is 2.16. The first kappa shape index (κ1) is 10.6. The molecule has 0 unspecified atom stereocenters. The Morgan fingerprint density at radius 2 is 2.29 bits per heavy atom. The molecule has 1 rings (SSSR count). The van der Waals surface area contributed by atoms with Crippen LogP contribution in [0.25, 0.3) is 0 Å². The van der Waals surface area contributed by atoms with Gasteiger partial charge < -0.3 is 5.11 Å². The van der Waals surface area contributed by atoms with Crippen LogP contribution in [0.15, 0.2) is 12.1 Å². The normalized spacial score (nSPS) is 9.50. The van der Waals surface area contributed by atoms with Gasteiger partial charge in [-0.3, -0.25) is 0 Å². The number of benzene rings is 1. The monoisotopic (exact) mass is 209 g/mol. The lowest BCUT2D eigenvalue weighted by Crippen LogP contribution is -2.03. The molecule has 1 aromatic rings. The molecule has 72 valence electrons. The van der Waals surface area contributed by atoms with E-state index < -0.39 is 5.97 Å². The minimum Gasteiger partial charge on any atom is -0.478 e. The van der Waals surface area contributed by atoms with Gasteiger partial charge in [0.2, 0.25) is 0 Å². The number of nitrogens with zero attached hydrogens (tertiary/aromatic N) is 1. The van der Waals surface area contributed by atoms with Gasteiger partial charge in [0.15, 0.2) is 0 Å². The molecule has 1 N–H and O–H groups in total. The van der Waals surface area contributed by atoms with Gasteiger partial charge in [0.1, 0.15) is 6.07 Å². The van der Waals surface area contributed by atoms with Gasteiger partial charge >= 0.3 is 5.97 Å². The SMILES string of the molecule is Cc1cc(CCl)cc(C(=O)O)c1C#N. The number of aromatic carboxylic acids is 1. The van der Waals surface area contributed by atoms with E-state index in [0.29, 0.717) is 11.1 Å². The third-order valence-corrected chi connectivity index (χ3v) is 2.20. The topological polar surface area (TPSA) is 61.1 Å². The number of aryl methyl sites for hydroxylation is 1. The first-order valence-electron chi connectivity index (χ1n) is 3.93. The molecule has 0 spiro atoms. The van der Waals surface area contributed by atoms with Crippen LogP contribution in [-0.2, 0) is 5.88 Å². The first-order chi connectivity index (χ1) is 6.60. The number of nitriles is 1. The highest BCUT2D eigenvalue weighted by Crippen LogP contribution is 2.17. The van der Waals surface area contributed by atoms with E-state index in [-0.39, 0.29) is 17.0 Å². The molecule has 0 saturated heterocycles. The molecule has 0 fully saturated rings. The van der Waals surface area contributed by atoms with Gasteiger partial charge in [0.05, 0.1) is 11.1 Å². The molecule has 1 aromatic carbocycles. The summed E-state index contributed by atoms with van der Waals surface area (Å²) in [4.78, 5) is 10.8. The fourth-order valence-corrected chi connectivity index (χ4v) is 1.41. The number of halogens is 1. The molecule has 0 atom stereocenters. The van der Waals surface area contributed by atoms with E-state index in [1.54, 1.807) is 13.0 Å². The quantitative estimate of drug-likeness (QED) is 0.761. The van der Waals surface area contributed by atoms with Crippen molar-refractivity contribution < 1.29 is 9.90 Å². The summed E-state index contributed by atoms with van der Waals surface area (Å²) in [5, 5.41) is 17.6. The minimum atomic E-state index is -1.10. The van der Waals surface area contributed by atoms with Gasteiger partial charge in [-0.2, -0.15) is 5.26 Å². The highest BCUT2D eigenvalue weighted by molar-refractivity contribution is 6.17. The highest BCUT2D eigenvalue weighted by Gasteiger charge is 2.13. The van der Waals surface area contributed by atoms with E-state index in [4.69, 9.17) is 22.0 Å². The third kappa shape index (κ3) is 1.86. The smallest absolute Gasteiger partial charge is 0.337 e. The second-order valence-electron chi connectivity index (χ2n) is 2.89. The maximum absolute atomic E-state index is 10.8. The summed E-state index contributed by atoms with van der Waals surface area (Å²) in [6, 6.07) is 5.02. The molecular weight excluding hydrogens is 202 g/mol. The van der Waals surface area contributed by atoms with E-state index in [0.717, 1.165) is 0 Å². The van der Waals surface area contributed by atoms with Crippen molar-refractivity contribution in [1.29, 1.82) is 5.26 Å². The summed E-state index contributed by atoms with van der Waals surface area (Å²) in [5.74, 6) is -0.857. The van der Waals surface area contributed by atoms with Gasteiger partial charge in [-0.15, -0.1) is 11.6 Å². The lowest BCUT2D eigenvalue weighted by molar-refractivity contribution is 0.0696. The number of carbonyl (C=O) groups is 1. The zero-order chi connectivity index (χ0) is 10.7. The van der Waals surface area contributed by atoms with Crippen molar-refractivity contribution in [2.24, 2.45) is 0 Å². The molecule has 14 heavy (non-hydrogen) atoms. The lowest BCUT2D eigenvalue weighted by atomic mass is 10.00. The van der Waals surface area contributed by atoms with Gasteiger partial charge in [0.25, 0.3) is 0 Å². The fraction of sp³-hybridized carbons (Fsp3) is 0.200. The van der Waals surface area contributed by atoms with Gasteiger partial charge in [-0.25, -0.2) is 4.79 Å². The second-order valence-corrected chi connectivity index (χ2v) is 3.15. The van der Waals surface area contributed by atoms with Crippen LogP contribution in [0.5, 0.6) is 0 Å². The summed E-state index contributed by atoms with van der Waals surface area (Å²) in [7, 11) is 0. The lowest BCUT2D eigenvalue weighted by Gasteiger charge is -2.04. The molecule has 0 saturated carbocycles. The van der Waals surface area contributed by atoms with Gasteiger partial charge in [-0.05, 0) is 24.1 Å². The molecule has 4 heteroatoms. The van der Waals surface area contributed by atoms with E-state index in [1.165, 1.54) is 6.07 Å². The molecule has 3 nitrogen and oxygen atoms in total. The van der Waals surface area contributed by atoms with Crippen molar-refractivity contribution in [2.75, 3.05) is 0 Å². The fourth-order valence-electron chi connectivity index (χ4n) is 1.26. The van der Waals surface area contributed by atoms with E-state index in [2.05, 4.69) is 0 Å². The Kier molecular flexibility index (Phi) is 3.10. The van der Waals surface area contributed by atoms with Crippen molar-refractivity contribution in [2.45, 2.75) is 12.8 Å². The van der Waals surface area contributed by atoms with E-state index >= 15 is 0 Å². The Bertz CT molecular complexity index is 421. The number of hydrogen-bond donors (Lipinski definition) is 1. The Morgan fingerprint density at radius 3 is 2.71 bits per heavy atom. The first-order valence-corrected chi connectivity index (χ1v) is 4.46. The largest absolute Gasteiger partial charge is 0.478 e. The van der Waals surface area contributed by atoms with E-state index in [9.17, 15) is 4.79 Å². The summed E-state index contributed by atoms with van der Waals surface area (Å²) in [6.45, 7) is 1.70. The zero-order valence-corrected chi connectivity index (χ0v) is 8.30. The van der Waals surface area contributed by atoms with Crippen LogP contribution in [0.2, 0.25) is 0 Å². The summed E-state index contributed by atoms with van der Waals surface area (Å²) in [5.41, 5.74) is 1.57. The maximum Gasteiger partial charge on any atom is 0.337 e. The third-order valence-electron chi connectivity index (χ3n) is 1.89. The number of carboxylic acids is 1. The standard InChI is InChI=1S/C10H8ClNO2/c1-6-2-7(4-11)3-8(10(13)14)9(6)5-12/h2-3H,4H2,1H3,(H,13,14). The Hall–Kier alpha value is -1.53. The predicted molar refractivity (Wildman–Crippen MR) is 52.4 cm³/mol. The predicted octanol–water partition coefficient (Wildman–Crippen LogP) is 2.30. The second kappa shape index (κ2) is 4.12. The molecule has 0 aliphatic rings. The minimum absolute atomic E-state index is 0.0168. The van der Waals surface area contributed by atoms with Crippen molar-refractivity contribution in [3.8, 4) is 6.07 Å². The highest BCUT2D eigenvalue weighted by atomic mass is 35.5. The van der Waals surface area contributed by atoms with Crippen LogP contribution in [-0.4, -0.2) is 11.1 Å². The van der Waals surface area contributed by atoms with Crippen molar-refractivity contribution in [3.63, 3.8) is 0 Å². The van der Waals surface area contributed by atoms with Crippen molar-refractivity contribution in [1.82, 2.24) is 0 Å². The molecular formula is C10H8ClNO2. The molecule has 0 radical (unpaired) electrons. The summed E-state index contributed by atoms with van der Waals surface area (Å²) >= 11 is 5.60. The maximum atomic E-state index is 10.8. The molecule has 0 amide bonds. The number of alkyl halides is 1. The Balaban J connectivity index is 3.45. The van der Waals surface area contributed by atoms with Crippen LogP contribution < -0.4 is 0 Å². The van der Waals surface area contributed by atoms with Crippen molar-refractivity contribution >= 4 is 17.6 Å². The summed E-state index contributed by atoms with van der Waals surface area (Å²) < 4.78 is 0. The van der Waals surface area contributed by atoms with Crippen molar-refractivity contribution in [3.05, 3.63) is 34.4 Å². The van der Waals surface area contributed by atoms with Crippen LogP contribution in [0.4, 0.5) is 0 Å². The molecule has 0 aliphatic carbocycles. The average molecular weight is 210 g/mol. The van der Waals surface area contributed by atoms with E-state index in [1.807, 2.05) is 6.07 Å². The van der Waals surface area contributed by atoms with Crippen LogP contribution in [0.3, 0.4) is 0 Å².